The van der Waals surface area contributed by atoms with E-state index in [1.54, 1.807) is 0 Å². The molecule has 0 radical (unpaired) electrons. The molecule has 0 aliphatic rings. The second kappa shape index (κ2) is 5.97. The summed E-state index contributed by atoms with van der Waals surface area (Å²) in [6.45, 7) is 0.183. The summed E-state index contributed by atoms with van der Waals surface area (Å²) in [5, 5.41) is 8.71. The lowest BCUT2D eigenvalue weighted by Gasteiger charge is -2.01. The van der Waals surface area contributed by atoms with Gasteiger partial charge < -0.3 is 5.11 Å². The first-order valence-corrected chi connectivity index (χ1v) is 5.68. The van der Waals surface area contributed by atoms with Crippen LogP contribution < -0.4 is 0 Å². The van der Waals surface area contributed by atoms with Gasteiger partial charge >= 0.3 is 0 Å². The number of pyridine rings is 1. The summed E-state index contributed by atoms with van der Waals surface area (Å²) in [6.07, 6.45) is 8.29. The molecule has 1 N–H and O–H groups in total. The van der Waals surface area contributed by atoms with E-state index in [-0.39, 0.29) is 6.61 Å². The van der Waals surface area contributed by atoms with Crippen LogP contribution in [0.4, 0.5) is 0 Å². The summed E-state index contributed by atoms with van der Waals surface area (Å²) in [7, 11) is 0. The third-order valence-corrected chi connectivity index (χ3v) is 2.47. The first-order valence-electron chi connectivity index (χ1n) is 5.68. The highest BCUT2D eigenvalue weighted by atomic mass is 16.2. The maximum Gasteiger partial charge on any atom is 0.0465 e. The van der Waals surface area contributed by atoms with E-state index in [4.69, 9.17) is 5.11 Å². The summed E-state index contributed by atoms with van der Waals surface area (Å²) in [5.41, 5.74) is 3.33. The normalized spacial score (nSPS) is 10.9. The molecule has 0 spiro atoms. The Labute approximate surface area is 101 Å². The molecule has 0 amide bonds. The molecule has 86 valence electrons. The van der Waals surface area contributed by atoms with Crippen LogP contribution in [0.1, 0.15) is 12.0 Å². The lowest BCUT2D eigenvalue weighted by atomic mass is 10.1. The predicted octanol–water partition coefficient (Wildman–Crippen LogP) is 3.14. The standard InChI is InChI=1S/C15H15NO/c17-9-5-4-6-13-10-15(12-16-11-13)14-7-2-1-3-8-14/h1-4,6-8,10-12,17H,5,9H2. The zero-order valence-corrected chi connectivity index (χ0v) is 9.58. The number of hydrogen-bond acceptors (Lipinski definition) is 2. The third-order valence-electron chi connectivity index (χ3n) is 2.47. The van der Waals surface area contributed by atoms with E-state index < -0.39 is 0 Å². The molecule has 0 bridgehead atoms. The fourth-order valence-electron chi connectivity index (χ4n) is 1.63. The Kier molecular flexibility index (Phi) is 4.05. The van der Waals surface area contributed by atoms with Gasteiger partial charge in [-0.05, 0) is 23.6 Å². The van der Waals surface area contributed by atoms with Crippen molar-refractivity contribution < 1.29 is 5.11 Å². The van der Waals surface area contributed by atoms with E-state index in [1.165, 1.54) is 0 Å². The van der Waals surface area contributed by atoms with Crippen molar-refractivity contribution in [2.75, 3.05) is 6.61 Å². The molecular formula is C15H15NO. The van der Waals surface area contributed by atoms with Crippen LogP contribution in [-0.2, 0) is 0 Å². The fourth-order valence-corrected chi connectivity index (χ4v) is 1.63. The lowest BCUT2D eigenvalue weighted by molar-refractivity contribution is 0.303. The Morgan fingerprint density at radius 3 is 2.65 bits per heavy atom. The van der Waals surface area contributed by atoms with Crippen LogP contribution in [0.2, 0.25) is 0 Å². The topological polar surface area (TPSA) is 33.1 Å². The monoisotopic (exact) mass is 225 g/mol. The van der Waals surface area contributed by atoms with E-state index in [0.29, 0.717) is 6.42 Å². The Morgan fingerprint density at radius 2 is 1.88 bits per heavy atom. The highest BCUT2D eigenvalue weighted by Crippen LogP contribution is 2.19. The smallest absolute Gasteiger partial charge is 0.0465 e. The molecule has 2 rings (SSSR count). The van der Waals surface area contributed by atoms with Crippen molar-refractivity contribution in [2.24, 2.45) is 0 Å². The van der Waals surface area contributed by atoms with E-state index >= 15 is 0 Å². The second-order valence-electron chi connectivity index (χ2n) is 3.79. The van der Waals surface area contributed by atoms with Crippen LogP contribution in [-0.4, -0.2) is 16.7 Å². The van der Waals surface area contributed by atoms with Crippen molar-refractivity contribution in [1.29, 1.82) is 0 Å². The quantitative estimate of drug-likeness (QED) is 0.867. The molecule has 0 unspecified atom stereocenters. The van der Waals surface area contributed by atoms with Crippen LogP contribution in [0.15, 0.2) is 54.9 Å². The molecular weight excluding hydrogens is 210 g/mol. The minimum Gasteiger partial charge on any atom is -0.396 e. The number of benzene rings is 1. The number of aliphatic hydroxyl groups excluding tert-OH is 1. The number of aliphatic hydroxyl groups is 1. The Bertz CT molecular complexity index is 491. The van der Waals surface area contributed by atoms with Gasteiger partial charge in [0.25, 0.3) is 0 Å². The van der Waals surface area contributed by atoms with Gasteiger partial charge in [0.1, 0.15) is 0 Å². The van der Waals surface area contributed by atoms with Gasteiger partial charge in [0.2, 0.25) is 0 Å². The van der Waals surface area contributed by atoms with Gasteiger partial charge in [-0.15, -0.1) is 0 Å². The molecule has 2 nitrogen and oxygen atoms in total. The van der Waals surface area contributed by atoms with E-state index in [0.717, 1.165) is 16.7 Å². The molecule has 0 atom stereocenters. The minimum absolute atomic E-state index is 0.183. The van der Waals surface area contributed by atoms with Gasteiger partial charge in [-0.1, -0.05) is 42.5 Å². The Hall–Kier alpha value is -1.93. The van der Waals surface area contributed by atoms with Gasteiger partial charge in [0, 0.05) is 24.6 Å². The molecule has 0 aliphatic carbocycles. The van der Waals surface area contributed by atoms with Crippen LogP contribution in [0.3, 0.4) is 0 Å². The fraction of sp³-hybridized carbons (Fsp3) is 0.133. The number of aromatic nitrogens is 1. The van der Waals surface area contributed by atoms with E-state index in [2.05, 4.69) is 23.2 Å². The maximum atomic E-state index is 8.71. The van der Waals surface area contributed by atoms with Crippen LogP contribution in [0, 0.1) is 0 Å². The van der Waals surface area contributed by atoms with Crippen molar-refractivity contribution in [3.05, 3.63) is 60.4 Å². The van der Waals surface area contributed by atoms with E-state index in [1.807, 2.05) is 42.7 Å². The molecule has 0 saturated heterocycles. The molecule has 17 heavy (non-hydrogen) atoms. The number of nitrogens with zero attached hydrogens (tertiary/aromatic N) is 1. The molecule has 1 aromatic carbocycles. The predicted molar refractivity (Wildman–Crippen MR) is 70.4 cm³/mol. The van der Waals surface area contributed by atoms with Gasteiger partial charge in [-0.3, -0.25) is 4.98 Å². The first-order chi connectivity index (χ1) is 8.40. The summed E-state index contributed by atoms with van der Waals surface area (Å²) in [5.74, 6) is 0. The Balaban J connectivity index is 2.23. The lowest BCUT2D eigenvalue weighted by Crippen LogP contribution is -1.82. The zero-order chi connectivity index (χ0) is 11.9. The van der Waals surface area contributed by atoms with Gasteiger partial charge in [-0.25, -0.2) is 0 Å². The molecule has 2 heteroatoms. The highest BCUT2D eigenvalue weighted by Gasteiger charge is 1.97. The van der Waals surface area contributed by atoms with Gasteiger partial charge in [0.05, 0.1) is 0 Å². The summed E-state index contributed by atoms with van der Waals surface area (Å²) in [4.78, 5) is 4.23. The molecule has 0 fully saturated rings. The molecule has 1 heterocycles. The van der Waals surface area contributed by atoms with Crippen molar-refractivity contribution in [3.63, 3.8) is 0 Å². The van der Waals surface area contributed by atoms with Crippen molar-refractivity contribution in [2.45, 2.75) is 6.42 Å². The van der Waals surface area contributed by atoms with Gasteiger partial charge in [0.15, 0.2) is 0 Å². The minimum atomic E-state index is 0.183. The van der Waals surface area contributed by atoms with E-state index in [9.17, 15) is 0 Å². The highest BCUT2D eigenvalue weighted by molar-refractivity contribution is 5.65. The van der Waals surface area contributed by atoms with Crippen LogP contribution >= 0.6 is 0 Å². The number of rotatable bonds is 4. The largest absolute Gasteiger partial charge is 0.396 e. The molecule has 0 saturated carbocycles. The van der Waals surface area contributed by atoms with Crippen molar-refractivity contribution in [3.8, 4) is 11.1 Å². The summed E-state index contributed by atoms with van der Waals surface area (Å²) >= 11 is 0. The SMILES string of the molecule is OCCC=Cc1cncc(-c2ccccc2)c1. The van der Waals surface area contributed by atoms with Crippen LogP contribution in [0.25, 0.3) is 17.2 Å². The molecule has 0 aliphatic heterocycles. The first kappa shape index (κ1) is 11.6. The average Bonchev–Trinajstić information content (AvgIpc) is 2.41. The average molecular weight is 225 g/mol. The van der Waals surface area contributed by atoms with Crippen molar-refractivity contribution >= 4 is 6.08 Å². The zero-order valence-electron chi connectivity index (χ0n) is 9.58. The van der Waals surface area contributed by atoms with Crippen molar-refractivity contribution in [1.82, 2.24) is 4.98 Å². The number of hydrogen-bond donors (Lipinski definition) is 1. The molecule has 2 aromatic rings. The Morgan fingerprint density at radius 1 is 1.06 bits per heavy atom. The summed E-state index contributed by atoms with van der Waals surface area (Å²) in [6, 6.07) is 12.3. The second-order valence-corrected chi connectivity index (χ2v) is 3.79. The maximum absolute atomic E-state index is 8.71. The van der Waals surface area contributed by atoms with Crippen LogP contribution in [0.5, 0.6) is 0 Å². The molecule has 1 aromatic heterocycles. The third kappa shape index (κ3) is 3.26. The summed E-state index contributed by atoms with van der Waals surface area (Å²) < 4.78 is 0. The van der Waals surface area contributed by atoms with Gasteiger partial charge in [-0.2, -0.15) is 0 Å².